The van der Waals surface area contributed by atoms with Gasteiger partial charge in [-0.25, -0.2) is 0 Å². The molecule has 0 N–H and O–H groups in total. The third-order valence-electron chi connectivity index (χ3n) is 5.95. The monoisotopic (exact) mass is 401 g/mol. The molecule has 0 bridgehead atoms. The Kier molecular flexibility index (Phi) is 4.48. The first kappa shape index (κ1) is 18.1. The molecule has 1 unspecified atom stereocenters. The van der Waals surface area contributed by atoms with Gasteiger partial charge in [0.25, 0.3) is 0 Å². The summed E-state index contributed by atoms with van der Waals surface area (Å²) in [7, 11) is 0. The van der Waals surface area contributed by atoms with Gasteiger partial charge >= 0.3 is 0 Å². The van der Waals surface area contributed by atoms with Crippen molar-refractivity contribution < 1.29 is 9.59 Å². The molecule has 0 fully saturated rings. The molecule has 0 radical (unpaired) electrons. The van der Waals surface area contributed by atoms with Crippen LogP contribution in [0.1, 0.15) is 37.2 Å². The summed E-state index contributed by atoms with van der Waals surface area (Å²) in [6.45, 7) is 0. The second-order valence-corrected chi connectivity index (χ2v) is 8.08. The number of hydrogen-bond donors (Lipinski definition) is 0. The SMILES string of the molecule is O=C1CCCC2=C1C(c1ccccc1Cl)CC(=O)N2c1ccc2ccccc2c1. The molecule has 0 saturated carbocycles. The zero-order chi connectivity index (χ0) is 20.0. The van der Waals surface area contributed by atoms with E-state index in [0.29, 0.717) is 11.4 Å². The quantitative estimate of drug-likeness (QED) is 0.526. The second kappa shape index (κ2) is 7.16. The number of Topliss-reactive ketones (excluding diaryl/α,β-unsaturated/α-hetero) is 1. The van der Waals surface area contributed by atoms with Gasteiger partial charge in [0.2, 0.25) is 5.91 Å². The van der Waals surface area contributed by atoms with E-state index in [-0.39, 0.29) is 24.0 Å². The van der Waals surface area contributed by atoms with Crippen molar-refractivity contribution in [1.82, 2.24) is 0 Å². The number of amides is 1. The largest absolute Gasteiger partial charge is 0.294 e. The molecule has 0 saturated heterocycles. The third-order valence-corrected chi connectivity index (χ3v) is 6.29. The Morgan fingerprint density at radius 2 is 1.62 bits per heavy atom. The van der Waals surface area contributed by atoms with Crippen molar-refractivity contribution in [2.45, 2.75) is 31.6 Å². The number of carbonyl (C=O) groups excluding carboxylic acids is 2. The smallest absolute Gasteiger partial charge is 0.232 e. The van der Waals surface area contributed by atoms with Crippen LogP contribution < -0.4 is 4.90 Å². The Hall–Kier alpha value is -2.91. The van der Waals surface area contributed by atoms with Crippen molar-refractivity contribution in [3.05, 3.63) is 88.6 Å². The number of benzene rings is 3. The highest BCUT2D eigenvalue weighted by Crippen LogP contribution is 2.45. The van der Waals surface area contributed by atoms with Crippen LogP contribution in [0.25, 0.3) is 10.8 Å². The maximum absolute atomic E-state index is 13.3. The highest BCUT2D eigenvalue weighted by atomic mass is 35.5. The number of carbonyl (C=O) groups is 2. The lowest BCUT2D eigenvalue weighted by Crippen LogP contribution is -2.40. The Bertz CT molecular complexity index is 1180. The van der Waals surface area contributed by atoms with Crippen LogP contribution in [-0.2, 0) is 9.59 Å². The minimum absolute atomic E-state index is 0.0126. The highest BCUT2D eigenvalue weighted by molar-refractivity contribution is 6.31. The van der Waals surface area contributed by atoms with Gasteiger partial charge in [0.05, 0.1) is 0 Å². The minimum atomic E-state index is -0.268. The highest BCUT2D eigenvalue weighted by Gasteiger charge is 2.40. The lowest BCUT2D eigenvalue weighted by Gasteiger charge is -2.38. The molecule has 1 aliphatic carbocycles. The molecule has 0 spiro atoms. The van der Waals surface area contributed by atoms with Gasteiger partial charge in [0, 0.05) is 40.7 Å². The average molecular weight is 402 g/mol. The first-order valence-corrected chi connectivity index (χ1v) is 10.3. The number of fused-ring (bicyclic) bond motifs is 1. The average Bonchev–Trinajstić information content (AvgIpc) is 2.73. The maximum atomic E-state index is 13.3. The predicted octanol–water partition coefficient (Wildman–Crippen LogP) is 6.02. The maximum Gasteiger partial charge on any atom is 0.232 e. The fraction of sp³-hybridized carbons (Fsp3) is 0.200. The van der Waals surface area contributed by atoms with E-state index in [1.165, 1.54) is 0 Å². The number of ketones is 1. The first-order valence-electron chi connectivity index (χ1n) is 9.96. The fourth-order valence-electron chi connectivity index (χ4n) is 4.63. The van der Waals surface area contributed by atoms with E-state index in [1.807, 2.05) is 60.7 Å². The molecule has 2 aliphatic rings. The summed E-state index contributed by atoms with van der Waals surface area (Å²) in [4.78, 5) is 28.1. The van der Waals surface area contributed by atoms with Crippen LogP contribution in [0, 0.1) is 0 Å². The van der Waals surface area contributed by atoms with Gasteiger partial charge in [-0.15, -0.1) is 0 Å². The Labute approximate surface area is 174 Å². The molecule has 3 nitrogen and oxygen atoms in total. The number of allylic oxidation sites excluding steroid dienone is 2. The number of hydrogen-bond acceptors (Lipinski definition) is 2. The van der Waals surface area contributed by atoms with Gasteiger partial charge < -0.3 is 0 Å². The summed E-state index contributed by atoms with van der Waals surface area (Å²) < 4.78 is 0. The van der Waals surface area contributed by atoms with Crippen LogP contribution >= 0.6 is 11.6 Å². The normalized spacial score (nSPS) is 19.6. The summed E-state index contributed by atoms with van der Waals surface area (Å²) in [5, 5.41) is 2.81. The van der Waals surface area contributed by atoms with Crippen LogP contribution in [0.2, 0.25) is 5.02 Å². The zero-order valence-corrected chi connectivity index (χ0v) is 16.7. The van der Waals surface area contributed by atoms with Crippen molar-refractivity contribution in [3.63, 3.8) is 0 Å². The summed E-state index contributed by atoms with van der Waals surface area (Å²) in [5.74, 6) is -0.121. The number of halogens is 1. The molecule has 144 valence electrons. The van der Waals surface area contributed by atoms with E-state index in [1.54, 1.807) is 4.90 Å². The summed E-state index contributed by atoms with van der Waals surface area (Å²) >= 11 is 6.44. The van der Waals surface area contributed by atoms with Crippen LogP contribution in [0.5, 0.6) is 0 Å². The van der Waals surface area contributed by atoms with Crippen molar-refractivity contribution in [2.24, 2.45) is 0 Å². The summed E-state index contributed by atoms with van der Waals surface area (Å²) in [5.41, 5.74) is 3.30. The number of nitrogens with zero attached hydrogens (tertiary/aromatic N) is 1. The van der Waals surface area contributed by atoms with E-state index in [4.69, 9.17) is 11.6 Å². The third kappa shape index (κ3) is 3.06. The number of rotatable bonds is 2. The predicted molar refractivity (Wildman–Crippen MR) is 116 cm³/mol. The van der Waals surface area contributed by atoms with Crippen LogP contribution in [0.15, 0.2) is 78.0 Å². The molecule has 3 aromatic rings. The topological polar surface area (TPSA) is 37.4 Å². The summed E-state index contributed by atoms with van der Waals surface area (Å²) in [6, 6.07) is 21.7. The fourth-order valence-corrected chi connectivity index (χ4v) is 4.90. The van der Waals surface area contributed by atoms with Gasteiger partial charge in [0.15, 0.2) is 5.78 Å². The molecule has 1 heterocycles. The molecular formula is C25H20ClNO2. The Morgan fingerprint density at radius 3 is 2.45 bits per heavy atom. The van der Waals surface area contributed by atoms with Gasteiger partial charge in [-0.1, -0.05) is 60.1 Å². The molecule has 1 amide bonds. The van der Waals surface area contributed by atoms with Crippen LogP contribution in [0.4, 0.5) is 5.69 Å². The molecule has 1 atom stereocenters. The molecule has 1 aliphatic heterocycles. The number of anilines is 1. The van der Waals surface area contributed by atoms with Gasteiger partial charge in [0.1, 0.15) is 0 Å². The lowest BCUT2D eigenvalue weighted by molar-refractivity contribution is -0.119. The van der Waals surface area contributed by atoms with Gasteiger partial charge in [-0.05, 0) is 47.4 Å². The first-order chi connectivity index (χ1) is 14.1. The van der Waals surface area contributed by atoms with E-state index in [2.05, 4.69) is 6.07 Å². The molecule has 29 heavy (non-hydrogen) atoms. The van der Waals surface area contributed by atoms with E-state index >= 15 is 0 Å². The molecular weight excluding hydrogens is 382 g/mol. The van der Waals surface area contributed by atoms with Crippen molar-refractivity contribution in [1.29, 1.82) is 0 Å². The van der Waals surface area contributed by atoms with Crippen LogP contribution in [0.3, 0.4) is 0 Å². The van der Waals surface area contributed by atoms with Crippen molar-refractivity contribution in [2.75, 3.05) is 4.90 Å². The van der Waals surface area contributed by atoms with Crippen molar-refractivity contribution >= 4 is 39.8 Å². The Morgan fingerprint density at radius 1 is 0.862 bits per heavy atom. The molecule has 0 aromatic heterocycles. The van der Waals surface area contributed by atoms with E-state index < -0.39 is 0 Å². The molecule has 3 aromatic carbocycles. The zero-order valence-electron chi connectivity index (χ0n) is 15.9. The van der Waals surface area contributed by atoms with E-state index in [0.717, 1.165) is 46.1 Å². The Balaban J connectivity index is 1.68. The standard InChI is InChI=1S/C25H20ClNO2/c26-21-9-4-3-8-19(21)20-15-24(29)27(22-10-5-11-23(28)25(20)22)18-13-12-16-6-1-2-7-17(16)14-18/h1-4,6-9,12-14,20H,5,10-11,15H2. The van der Waals surface area contributed by atoms with Gasteiger partial charge in [-0.3, -0.25) is 14.5 Å². The van der Waals surface area contributed by atoms with E-state index in [9.17, 15) is 9.59 Å². The van der Waals surface area contributed by atoms with Crippen LogP contribution in [-0.4, -0.2) is 11.7 Å². The summed E-state index contributed by atoms with van der Waals surface area (Å²) in [6.07, 6.45) is 2.27. The second-order valence-electron chi connectivity index (χ2n) is 7.68. The molecule has 4 heteroatoms. The van der Waals surface area contributed by atoms with Gasteiger partial charge in [-0.2, -0.15) is 0 Å². The van der Waals surface area contributed by atoms with Crippen molar-refractivity contribution in [3.8, 4) is 0 Å². The minimum Gasteiger partial charge on any atom is -0.294 e. The molecule has 5 rings (SSSR count). The lowest BCUT2D eigenvalue weighted by atomic mass is 9.77.